The van der Waals surface area contributed by atoms with Crippen molar-refractivity contribution >= 4 is 34.6 Å². The van der Waals surface area contributed by atoms with E-state index >= 15 is 0 Å². The Balaban J connectivity index is 1.75. The van der Waals surface area contributed by atoms with Crippen LogP contribution in [-0.2, 0) is 0 Å². The van der Waals surface area contributed by atoms with Crippen molar-refractivity contribution in [2.75, 3.05) is 10.6 Å². The molecule has 0 aliphatic carbocycles. The quantitative estimate of drug-likeness (QED) is 0.725. The lowest BCUT2D eigenvalue weighted by molar-refractivity contribution is 0.628. The van der Waals surface area contributed by atoms with E-state index in [2.05, 4.69) is 26.7 Å². The van der Waals surface area contributed by atoms with Crippen molar-refractivity contribution in [3.63, 3.8) is 0 Å². The minimum Gasteiger partial charge on any atom is -0.340 e. The monoisotopic (exact) mass is 339 g/mol. The molecule has 0 fully saturated rings. The van der Waals surface area contributed by atoms with Gasteiger partial charge in [-0.3, -0.25) is 0 Å². The Morgan fingerprint density at radius 1 is 0.917 bits per heavy atom. The highest BCUT2D eigenvalue weighted by molar-refractivity contribution is 6.31. The highest BCUT2D eigenvalue weighted by Gasteiger charge is 2.04. The number of halogens is 2. The number of rotatable bonds is 4. The molecule has 1 aromatic heterocycles. The van der Waals surface area contributed by atoms with Gasteiger partial charge in [-0.1, -0.05) is 11.6 Å². The zero-order valence-electron chi connectivity index (χ0n) is 12.3. The molecule has 0 saturated carbocycles. The number of nitrogens with one attached hydrogen (secondary N) is 2. The summed E-state index contributed by atoms with van der Waals surface area (Å²) in [4.78, 5) is 8.25. The topological polar surface area (TPSA) is 73.6 Å². The van der Waals surface area contributed by atoms with Crippen LogP contribution in [0.25, 0.3) is 0 Å². The van der Waals surface area contributed by atoms with E-state index in [-0.39, 0.29) is 5.02 Å². The number of nitriles is 1. The molecule has 5 nitrogen and oxygen atoms in total. The van der Waals surface area contributed by atoms with Gasteiger partial charge in [0.15, 0.2) is 0 Å². The van der Waals surface area contributed by atoms with Gasteiger partial charge in [0.05, 0.1) is 16.7 Å². The van der Waals surface area contributed by atoms with E-state index in [1.807, 2.05) is 0 Å². The molecule has 0 radical (unpaired) electrons. The number of nitrogens with zero attached hydrogens (tertiary/aromatic N) is 3. The molecule has 2 N–H and O–H groups in total. The molecule has 0 unspecified atom stereocenters. The van der Waals surface area contributed by atoms with Gasteiger partial charge in [-0.25, -0.2) is 14.4 Å². The molecule has 0 amide bonds. The molecule has 0 bridgehead atoms. The average molecular weight is 340 g/mol. The van der Waals surface area contributed by atoms with Crippen LogP contribution in [0.1, 0.15) is 5.56 Å². The van der Waals surface area contributed by atoms with Crippen LogP contribution in [0.4, 0.5) is 27.4 Å². The van der Waals surface area contributed by atoms with Crippen molar-refractivity contribution in [1.29, 1.82) is 5.26 Å². The standard InChI is InChI=1S/C17H11ClFN5/c18-14-7-13(5-6-15(14)19)24-17-8-16(21-10-22-17)23-12-3-1-11(9-20)2-4-12/h1-8,10H,(H2,21,22,23,24). The van der Waals surface area contributed by atoms with Crippen LogP contribution in [0.2, 0.25) is 5.02 Å². The van der Waals surface area contributed by atoms with Crippen molar-refractivity contribution in [2.45, 2.75) is 0 Å². The zero-order valence-corrected chi connectivity index (χ0v) is 13.0. The summed E-state index contributed by atoms with van der Waals surface area (Å²) in [6.45, 7) is 0. The highest BCUT2D eigenvalue weighted by atomic mass is 35.5. The maximum atomic E-state index is 13.2. The Hall–Kier alpha value is -3.17. The first-order valence-corrected chi connectivity index (χ1v) is 7.33. The van der Waals surface area contributed by atoms with Crippen molar-refractivity contribution < 1.29 is 4.39 Å². The van der Waals surface area contributed by atoms with Crippen LogP contribution in [0.3, 0.4) is 0 Å². The number of anilines is 4. The lowest BCUT2D eigenvalue weighted by atomic mass is 10.2. The van der Waals surface area contributed by atoms with Crippen molar-refractivity contribution in [3.05, 3.63) is 71.3 Å². The van der Waals surface area contributed by atoms with Crippen LogP contribution in [-0.4, -0.2) is 9.97 Å². The van der Waals surface area contributed by atoms with Gasteiger partial charge in [-0.05, 0) is 42.5 Å². The SMILES string of the molecule is N#Cc1ccc(Nc2cc(Nc3ccc(F)c(Cl)c3)ncn2)cc1. The maximum absolute atomic E-state index is 13.2. The van der Waals surface area contributed by atoms with E-state index in [4.69, 9.17) is 16.9 Å². The van der Waals surface area contributed by atoms with Gasteiger partial charge in [0.1, 0.15) is 23.8 Å². The molecule has 118 valence electrons. The van der Waals surface area contributed by atoms with Crippen LogP contribution in [0.15, 0.2) is 54.9 Å². The van der Waals surface area contributed by atoms with E-state index in [1.165, 1.54) is 18.5 Å². The molecule has 1 heterocycles. The summed E-state index contributed by atoms with van der Waals surface area (Å²) in [5.74, 6) is 0.627. The fraction of sp³-hybridized carbons (Fsp3) is 0. The predicted molar refractivity (Wildman–Crippen MR) is 91.2 cm³/mol. The molecule has 3 rings (SSSR count). The summed E-state index contributed by atoms with van der Waals surface area (Å²) < 4.78 is 13.2. The maximum Gasteiger partial charge on any atom is 0.141 e. The lowest BCUT2D eigenvalue weighted by Gasteiger charge is -2.09. The Morgan fingerprint density at radius 2 is 1.54 bits per heavy atom. The molecule has 0 saturated heterocycles. The number of benzene rings is 2. The summed E-state index contributed by atoms with van der Waals surface area (Å²) in [6.07, 6.45) is 1.40. The smallest absolute Gasteiger partial charge is 0.141 e. The Bertz CT molecular complexity index is 906. The van der Waals surface area contributed by atoms with E-state index in [1.54, 1.807) is 36.4 Å². The summed E-state index contributed by atoms with van der Waals surface area (Å²) in [7, 11) is 0. The second-order valence-electron chi connectivity index (χ2n) is 4.86. The first-order chi connectivity index (χ1) is 11.6. The number of hydrogen-bond donors (Lipinski definition) is 2. The van der Waals surface area contributed by atoms with Crippen LogP contribution in [0.5, 0.6) is 0 Å². The first kappa shape index (κ1) is 15.7. The van der Waals surface area contributed by atoms with E-state index in [0.29, 0.717) is 22.9 Å². The summed E-state index contributed by atoms with van der Waals surface area (Å²) in [5, 5.41) is 15.0. The number of hydrogen-bond acceptors (Lipinski definition) is 5. The molecule has 3 aromatic rings. The summed E-state index contributed by atoms with van der Waals surface area (Å²) in [6, 6.07) is 15.1. The van der Waals surface area contributed by atoms with Crippen molar-refractivity contribution in [3.8, 4) is 6.07 Å². The fourth-order valence-corrected chi connectivity index (χ4v) is 2.17. The molecule has 0 aliphatic rings. The molecule has 0 aliphatic heterocycles. The Labute approximate surface area is 142 Å². The highest BCUT2D eigenvalue weighted by Crippen LogP contribution is 2.23. The summed E-state index contributed by atoms with van der Waals surface area (Å²) >= 11 is 5.76. The average Bonchev–Trinajstić information content (AvgIpc) is 2.59. The Kier molecular flexibility index (Phi) is 4.54. The molecular formula is C17H11ClFN5. The summed E-state index contributed by atoms with van der Waals surface area (Å²) in [5.41, 5.74) is 1.99. The van der Waals surface area contributed by atoms with Gasteiger partial charge in [-0.15, -0.1) is 0 Å². The third-order valence-electron chi connectivity index (χ3n) is 3.15. The van der Waals surface area contributed by atoms with E-state index in [9.17, 15) is 4.39 Å². The van der Waals surface area contributed by atoms with Crippen molar-refractivity contribution in [2.24, 2.45) is 0 Å². The molecule has 0 atom stereocenters. The molecular weight excluding hydrogens is 329 g/mol. The third-order valence-corrected chi connectivity index (χ3v) is 3.44. The predicted octanol–water partition coefficient (Wildman–Crippen LogP) is 4.63. The first-order valence-electron chi connectivity index (χ1n) is 6.95. The Morgan fingerprint density at radius 3 is 2.17 bits per heavy atom. The van der Waals surface area contributed by atoms with Gasteiger partial charge < -0.3 is 10.6 Å². The minimum atomic E-state index is -0.479. The fourth-order valence-electron chi connectivity index (χ4n) is 1.99. The second kappa shape index (κ2) is 6.94. The van der Waals surface area contributed by atoms with Gasteiger partial charge in [0.2, 0.25) is 0 Å². The van der Waals surface area contributed by atoms with Crippen molar-refractivity contribution in [1.82, 2.24) is 9.97 Å². The lowest BCUT2D eigenvalue weighted by Crippen LogP contribution is -1.98. The second-order valence-corrected chi connectivity index (χ2v) is 5.26. The largest absolute Gasteiger partial charge is 0.340 e. The van der Waals surface area contributed by atoms with E-state index < -0.39 is 5.82 Å². The number of aromatic nitrogens is 2. The van der Waals surface area contributed by atoms with E-state index in [0.717, 1.165) is 5.69 Å². The van der Waals surface area contributed by atoms with Crippen LogP contribution >= 0.6 is 11.6 Å². The van der Waals surface area contributed by atoms with Gasteiger partial charge >= 0.3 is 0 Å². The van der Waals surface area contributed by atoms with Gasteiger partial charge in [0.25, 0.3) is 0 Å². The molecule has 2 aromatic carbocycles. The van der Waals surface area contributed by atoms with Crippen LogP contribution in [0, 0.1) is 17.1 Å². The molecule has 0 spiro atoms. The third kappa shape index (κ3) is 3.77. The molecule has 24 heavy (non-hydrogen) atoms. The normalized spacial score (nSPS) is 10.0. The zero-order chi connectivity index (χ0) is 16.9. The van der Waals surface area contributed by atoms with Gasteiger partial charge in [-0.2, -0.15) is 5.26 Å². The minimum absolute atomic E-state index is 0.0324. The van der Waals surface area contributed by atoms with Crippen LogP contribution < -0.4 is 10.6 Å². The van der Waals surface area contributed by atoms with Gasteiger partial charge in [0, 0.05) is 17.4 Å². The molecule has 7 heteroatoms.